The van der Waals surface area contributed by atoms with Gasteiger partial charge in [-0.15, -0.1) is 0 Å². The van der Waals surface area contributed by atoms with Gasteiger partial charge in [0.25, 0.3) is 0 Å². The van der Waals surface area contributed by atoms with Gasteiger partial charge in [-0.05, 0) is 89.9 Å². The van der Waals surface area contributed by atoms with Crippen LogP contribution in [-0.2, 0) is 32.7 Å². The highest BCUT2D eigenvalue weighted by Crippen LogP contribution is 2.43. The summed E-state index contributed by atoms with van der Waals surface area (Å²) in [4.78, 5) is 35.5. The van der Waals surface area contributed by atoms with Crippen LogP contribution in [0.5, 0.6) is 0 Å². The second kappa shape index (κ2) is 44.4. The number of phosphoric ester groups is 1. The number of esters is 2. The Hall–Kier alpha value is -2.81. The molecule has 9 nitrogen and oxygen atoms in total. The van der Waals surface area contributed by atoms with E-state index in [4.69, 9.17) is 18.5 Å². The average Bonchev–Trinajstić information content (AvgIpc) is 3.24. The summed E-state index contributed by atoms with van der Waals surface area (Å²) in [6.07, 6.45) is 57.7. The predicted octanol–water partition coefficient (Wildman–Crippen LogP) is 14.7. The van der Waals surface area contributed by atoms with Crippen molar-refractivity contribution in [3.63, 3.8) is 0 Å². The molecule has 0 bridgehead atoms. The minimum Gasteiger partial charge on any atom is -0.462 e. The molecule has 10 heteroatoms. The molecular formula is C53H93NO8P+. The summed E-state index contributed by atoms with van der Waals surface area (Å²) in [7, 11) is 1.45. The van der Waals surface area contributed by atoms with Crippen molar-refractivity contribution in [2.24, 2.45) is 0 Å². The van der Waals surface area contributed by atoms with E-state index in [9.17, 15) is 19.0 Å². The maximum atomic E-state index is 12.7. The van der Waals surface area contributed by atoms with E-state index in [1.165, 1.54) is 38.5 Å². The molecule has 1 N–H and O–H groups in total. The molecule has 0 amide bonds. The molecule has 0 aromatic carbocycles. The summed E-state index contributed by atoms with van der Waals surface area (Å²) in [6.45, 7) is 4.26. The fourth-order valence-electron chi connectivity index (χ4n) is 6.31. The number of quaternary nitrogens is 1. The molecule has 2 unspecified atom stereocenters. The minimum absolute atomic E-state index is 0.0229. The van der Waals surface area contributed by atoms with Gasteiger partial charge < -0.3 is 18.9 Å². The first-order valence-corrected chi connectivity index (χ1v) is 26.3. The SMILES string of the molecule is CC/C=C\C/C=C\C/C=C\C/C=C\C/C=C\C/C=C\CCCCCCCCC(=O)OC(COC(=O)CCCCCCC/C=C\CCCCCCC)COP(=O)(O)OCC[N+](C)(C)C. The Morgan fingerprint density at radius 1 is 0.508 bits per heavy atom. The number of hydrogen-bond acceptors (Lipinski definition) is 7. The van der Waals surface area contributed by atoms with Gasteiger partial charge in [-0.1, -0.05) is 170 Å². The van der Waals surface area contributed by atoms with Gasteiger partial charge >= 0.3 is 19.8 Å². The van der Waals surface area contributed by atoms with Crippen LogP contribution < -0.4 is 0 Å². The molecule has 0 aromatic rings. The molecule has 0 heterocycles. The number of nitrogens with zero attached hydrogens (tertiary/aromatic N) is 1. The fourth-order valence-corrected chi connectivity index (χ4v) is 7.05. The molecular weight excluding hydrogens is 810 g/mol. The van der Waals surface area contributed by atoms with Crippen molar-refractivity contribution >= 4 is 19.8 Å². The summed E-state index contributed by atoms with van der Waals surface area (Å²) < 4.78 is 34.4. The molecule has 362 valence electrons. The highest BCUT2D eigenvalue weighted by Gasteiger charge is 2.27. The van der Waals surface area contributed by atoms with Crippen LogP contribution in [0.2, 0.25) is 0 Å². The van der Waals surface area contributed by atoms with Crippen LogP contribution in [0.3, 0.4) is 0 Å². The van der Waals surface area contributed by atoms with E-state index in [0.29, 0.717) is 17.4 Å². The monoisotopic (exact) mass is 903 g/mol. The number of unbranched alkanes of at least 4 members (excludes halogenated alkanes) is 16. The zero-order valence-corrected chi connectivity index (χ0v) is 41.7. The molecule has 0 aliphatic heterocycles. The lowest BCUT2D eigenvalue weighted by atomic mass is 10.1. The van der Waals surface area contributed by atoms with Crippen LogP contribution in [0, 0.1) is 0 Å². The molecule has 0 aromatic heterocycles. The third-order valence-corrected chi connectivity index (χ3v) is 11.1. The zero-order chi connectivity index (χ0) is 46.4. The molecule has 0 radical (unpaired) electrons. The number of allylic oxidation sites excluding steroid dienone is 14. The first-order valence-electron chi connectivity index (χ1n) is 24.8. The molecule has 63 heavy (non-hydrogen) atoms. The normalized spacial score (nSPS) is 14.2. The third-order valence-electron chi connectivity index (χ3n) is 10.2. The lowest BCUT2D eigenvalue weighted by Gasteiger charge is -2.24. The van der Waals surface area contributed by atoms with E-state index in [-0.39, 0.29) is 32.0 Å². The quantitative estimate of drug-likeness (QED) is 0.0212. The standard InChI is InChI=1S/C53H92NO8P/c1-6-8-10-12-14-16-18-20-22-23-24-25-26-27-28-29-30-31-32-34-36-38-40-42-44-46-53(56)62-51(50-61-63(57,58)60-48-47-54(3,4)5)49-59-52(55)45-43-41-39-37-35-33-21-19-17-15-13-11-9-7-2/h8,10,14,16,19-22,24-25,27-28,30-31,51H,6-7,9,11-13,15,17-18,23,26,29,32-50H2,1-5H3/p+1/b10-8-,16-14-,21-19-,22-20-,25-24-,28-27-,31-30-. The molecule has 0 aliphatic carbocycles. The molecule has 2 atom stereocenters. The van der Waals surface area contributed by atoms with Crippen molar-refractivity contribution in [3.8, 4) is 0 Å². The average molecular weight is 903 g/mol. The number of ether oxygens (including phenoxy) is 2. The van der Waals surface area contributed by atoms with Gasteiger partial charge in [0.05, 0.1) is 27.7 Å². The highest BCUT2D eigenvalue weighted by atomic mass is 31.2. The predicted molar refractivity (Wildman–Crippen MR) is 265 cm³/mol. The Balaban J connectivity index is 4.32. The van der Waals surface area contributed by atoms with Crippen LogP contribution >= 0.6 is 7.82 Å². The van der Waals surface area contributed by atoms with E-state index in [2.05, 4.69) is 98.9 Å². The maximum absolute atomic E-state index is 12.7. The minimum atomic E-state index is -4.39. The van der Waals surface area contributed by atoms with Crippen LogP contribution in [0.15, 0.2) is 85.1 Å². The van der Waals surface area contributed by atoms with Gasteiger partial charge in [0.1, 0.15) is 19.8 Å². The van der Waals surface area contributed by atoms with Crippen molar-refractivity contribution in [3.05, 3.63) is 85.1 Å². The van der Waals surface area contributed by atoms with Gasteiger partial charge in [-0.25, -0.2) is 4.57 Å². The Bertz CT molecular complexity index is 1340. The van der Waals surface area contributed by atoms with E-state index in [0.717, 1.165) is 116 Å². The van der Waals surface area contributed by atoms with Crippen LogP contribution in [0.4, 0.5) is 0 Å². The van der Waals surface area contributed by atoms with E-state index >= 15 is 0 Å². The summed E-state index contributed by atoms with van der Waals surface area (Å²) in [6, 6.07) is 0. The van der Waals surface area contributed by atoms with E-state index in [1.54, 1.807) is 0 Å². The summed E-state index contributed by atoms with van der Waals surface area (Å²) in [5.74, 6) is -0.831. The van der Waals surface area contributed by atoms with Gasteiger partial charge in [-0.2, -0.15) is 0 Å². The summed E-state index contributed by atoms with van der Waals surface area (Å²) in [5, 5.41) is 0. The van der Waals surface area contributed by atoms with Crippen LogP contribution in [0.1, 0.15) is 187 Å². The Kier molecular flexibility index (Phi) is 42.4. The number of rotatable bonds is 44. The number of likely N-dealkylation sites (N-methyl/N-ethyl adjacent to an activating group) is 1. The van der Waals surface area contributed by atoms with Gasteiger partial charge in [0, 0.05) is 12.8 Å². The molecule has 0 fully saturated rings. The zero-order valence-electron chi connectivity index (χ0n) is 40.8. The van der Waals surface area contributed by atoms with Crippen molar-refractivity contribution < 1.29 is 42.1 Å². The summed E-state index contributed by atoms with van der Waals surface area (Å²) >= 11 is 0. The largest absolute Gasteiger partial charge is 0.472 e. The van der Waals surface area contributed by atoms with Crippen LogP contribution in [-0.4, -0.2) is 74.9 Å². The number of phosphoric acid groups is 1. The number of hydrogen-bond donors (Lipinski definition) is 1. The molecule has 0 saturated heterocycles. The fraction of sp³-hybridized carbons (Fsp3) is 0.698. The molecule has 0 rings (SSSR count). The lowest BCUT2D eigenvalue weighted by Crippen LogP contribution is -2.37. The van der Waals surface area contributed by atoms with Gasteiger partial charge in [0.2, 0.25) is 0 Å². The lowest BCUT2D eigenvalue weighted by molar-refractivity contribution is -0.870. The highest BCUT2D eigenvalue weighted by molar-refractivity contribution is 7.47. The summed E-state index contributed by atoms with van der Waals surface area (Å²) in [5.41, 5.74) is 0. The Morgan fingerprint density at radius 3 is 1.37 bits per heavy atom. The molecule has 0 spiro atoms. The second-order valence-corrected chi connectivity index (χ2v) is 18.9. The van der Waals surface area contributed by atoms with E-state index in [1.807, 2.05) is 21.1 Å². The first-order chi connectivity index (χ1) is 30.5. The Labute approximate surface area is 386 Å². The molecule has 0 saturated carbocycles. The Morgan fingerprint density at radius 2 is 0.905 bits per heavy atom. The second-order valence-electron chi connectivity index (χ2n) is 17.5. The number of carbonyl (C=O) groups excluding carboxylic acids is 2. The maximum Gasteiger partial charge on any atom is 0.472 e. The molecule has 0 aliphatic rings. The van der Waals surface area contributed by atoms with Gasteiger partial charge in [0.15, 0.2) is 6.10 Å². The van der Waals surface area contributed by atoms with Crippen molar-refractivity contribution in [1.82, 2.24) is 0 Å². The van der Waals surface area contributed by atoms with Crippen LogP contribution in [0.25, 0.3) is 0 Å². The third kappa shape index (κ3) is 48.5. The van der Waals surface area contributed by atoms with Crippen molar-refractivity contribution in [2.45, 2.75) is 193 Å². The first kappa shape index (κ1) is 60.2. The van der Waals surface area contributed by atoms with E-state index < -0.39 is 26.5 Å². The van der Waals surface area contributed by atoms with Crippen molar-refractivity contribution in [2.75, 3.05) is 47.5 Å². The van der Waals surface area contributed by atoms with Gasteiger partial charge in [-0.3, -0.25) is 18.6 Å². The smallest absolute Gasteiger partial charge is 0.462 e. The van der Waals surface area contributed by atoms with Crippen molar-refractivity contribution in [1.29, 1.82) is 0 Å². The topological polar surface area (TPSA) is 108 Å². The number of carbonyl (C=O) groups is 2.